The molecule has 0 saturated carbocycles. The van der Waals surface area contributed by atoms with Gasteiger partial charge in [0.1, 0.15) is 0 Å². The largest absolute Gasteiger partial charge is 0 e. The SMILES string of the molecule is [Hf].[Nd].[Tm].[Yb]. The summed E-state index contributed by atoms with van der Waals surface area (Å²) in [4.78, 5) is 0. The van der Waals surface area contributed by atoms with Crippen LogP contribution < -0.4 is 0 Å². The van der Waals surface area contributed by atoms with Crippen molar-refractivity contribution in [2.75, 3.05) is 0 Å². The van der Waals surface area contributed by atoms with E-state index in [1.54, 1.807) is 0 Å². The Balaban J connectivity index is 0. The molecule has 35 valence electrons. The molecule has 0 aliphatic heterocycles. The van der Waals surface area contributed by atoms with Crippen molar-refractivity contribution in [3.8, 4) is 0 Å². The minimum Gasteiger partial charge on any atom is 0 e. The molecule has 0 bridgehead atoms. The number of hydrogen-bond acceptors (Lipinski definition) is 0. The maximum Gasteiger partial charge on any atom is 0 e. The predicted octanol–water partition coefficient (Wildman–Crippen LogP) is -0.00250. The number of hydrogen-bond donors (Lipinski definition) is 0. The van der Waals surface area contributed by atoms with Crippen LogP contribution in [0.2, 0.25) is 0 Å². The Bertz CT molecular complexity index is 8.00. The summed E-state index contributed by atoms with van der Waals surface area (Å²) in [5.41, 5.74) is 0. The molecule has 0 aliphatic carbocycles. The van der Waals surface area contributed by atoms with Gasteiger partial charge in [0, 0.05) is 150 Å². The van der Waals surface area contributed by atoms with Gasteiger partial charge in [0.15, 0.2) is 0 Å². The van der Waals surface area contributed by atoms with Crippen LogP contribution in [-0.2, 0) is 25.8 Å². The third-order valence-electron chi connectivity index (χ3n) is 0. The van der Waals surface area contributed by atoms with Gasteiger partial charge in [0.2, 0.25) is 0 Å². The molecular weight excluding hydrogens is 665 g/mol. The summed E-state index contributed by atoms with van der Waals surface area (Å²) in [5.74, 6) is 0. The summed E-state index contributed by atoms with van der Waals surface area (Å²) < 4.78 is 0. The van der Waals surface area contributed by atoms with E-state index in [1.807, 2.05) is 0 Å². The fourth-order valence-corrected chi connectivity index (χ4v) is 0. The molecule has 4 heteroatoms. The Morgan fingerprint density at radius 1 is 1.00 bits per heavy atom. The second-order valence-electron chi connectivity index (χ2n) is 0. The Labute approximate surface area is 145 Å². The van der Waals surface area contributed by atoms with Gasteiger partial charge in [-0.2, -0.15) is 0 Å². The van der Waals surface area contributed by atoms with E-state index < -0.39 is 0 Å². The molecule has 0 fully saturated rings. The fourth-order valence-electron chi connectivity index (χ4n) is 0. The van der Waals surface area contributed by atoms with E-state index >= 15 is 0 Å². The van der Waals surface area contributed by atoms with Crippen LogP contribution in [0.5, 0.6) is 0 Å². The Kier molecular flexibility index (Phi) is 90.4. The molecule has 0 amide bonds. The quantitative estimate of drug-likeness (QED) is 0.320. The molecule has 0 nitrogen and oxygen atoms in total. The van der Waals surface area contributed by atoms with Gasteiger partial charge in [-0.25, -0.2) is 0 Å². The monoisotopic (exact) mass is 665 g/mol. The summed E-state index contributed by atoms with van der Waals surface area (Å²) in [6.45, 7) is 0. The third kappa shape index (κ3) is 10.1. The molecule has 4 heavy (non-hydrogen) atoms. The van der Waals surface area contributed by atoms with Crippen LogP contribution in [0, 0.1) is 125 Å². The molecule has 0 aromatic rings. The van der Waals surface area contributed by atoms with E-state index in [9.17, 15) is 0 Å². The average molecular weight is 665 g/mol. The van der Waals surface area contributed by atoms with Crippen molar-refractivity contribution in [1.82, 2.24) is 0 Å². The maximum absolute atomic E-state index is 0. The smallest absolute Gasteiger partial charge is 0 e. The molecule has 0 aliphatic rings. The molecule has 0 N–H and O–H groups in total. The molecule has 0 unspecified atom stereocenters. The van der Waals surface area contributed by atoms with Gasteiger partial charge in [-0.15, -0.1) is 0 Å². The molecule has 0 rings (SSSR count). The zero-order valence-electron chi connectivity index (χ0n) is 1.54. The van der Waals surface area contributed by atoms with E-state index in [1.165, 1.54) is 0 Å². The maximum atomic E-state index is 0. The van der Waals surface area contributed by atoms with E-state index in [0.29, 0.717) is 0 Å². The van der Waals surface area contributed by atoms with E-state index in [-0.39, 0.29) is 150 Å². The first-order valence-corrected chi connectivity index (χ1v) is 0. The predicted molar refractivity (Wildman–Crippen MR) is 0 cm³/mol. The Morgan fingerprint density at radius 3 is 1.00 bits per heavy atom. The van der Waals surface area contributed by atoms with Crippen molar-refractivity contribution in [2.24, 2.45) is 0 Å². The zero-order chi connectivity index (χ0) is 0. The van der Waals surface area contributed by atoms with Crippen LogP contribution in [0.25, 0.3) is 0 Å². The normalized spacial score (nSPS) is 0. The molecule has 0 aromatic carbocycles. The first-order chi connectivity index (χ1) is 0. The van der Waals surface area contributed by atoms with E-state index in [0.717, 1.165) is 0 Å². The van der Waals surface area contributed by atoms with Crippen molar-refractivity contribution < 1.29 is 150 Å². The first kappa shape index (κ1) is 23.1. The Morgan fingerprint density at radius 2 is 1.00 bits per heavy atom. The number of rotatable bonds is 0. The van der Waals surface area contributed by atoms with Crippen LogP contribution in [0.15, 0.2) is 0 Å². The topological polar surface area (TPSA) is 0 Å². The van der Waals surface area contributed by atoms with Gasteiger partial charge in [-0.05, 0) is 0 Å². The van der Waals surface area contributed by atoms with Crippen LogP contribution in [0.1, 0.15) is 0 Å². The molecule has 1 radical (unpaired) electrons. The van der Waals surface area contributed by atoms with Crippen LogP contribution in [0.3, 0.4) is 0 Å². The van der Waals surface area contributed by atoms with Crippen LogP contribution in [0.4, 0.5) is 0 Å². The minimum absolute atomic E-state index is 0. The van der Waals surface area contributed by atoms with Gasteiger partial charge in [0.05, 0.1) is 0 Å². The van der Waals surface area contributed by atoms with Gasteiger partial charge < -0.3 is 0 Å². The molecule has 0 atom stereocenters. The van der Waals surface area contributed by atoms with E-state index in [2.05, 4.69) is 0 Å². The van der Waals surface area contributed by atoms with Crippen molar-refractivity contribution >= 4 is 0 Å². The van der Waals surface area contributed by atoms with Gasteiger partial charge in [-0.1, -0.05) is 0 Å². The summed E-state index contributed by atoms with van der Waals surface area (Å²) >= 11 is 0. The molecule has 0 aromatic heterocycles. The summed E-state index contributed by atoms with van der Waals surface area (Å²) in [6, 6.07) is 0. The van der Waals surface area contributed by atoms with Crippen LogP contribution in [-0.4, -0.2) is 0 Å². The van der Waals surface area contributed by atoms with Crippen LogP contribution >= 0.6 is 0 Å². The first-order valence-electron chi connectivity index (χ1n) is 0. The van der Waals surface area contributed by atoms with Gasteiger partial charge in [0.25, 0.3) is 0 Å². The Hall–Kier alpha value is 4.97. The van der Waals surface area contributed by atoms with Gasteiger partial charge in [-0.3, -0.25) is 0 Å². The fraction of sp³-hybridized carbons (Fsp3) is 0. The average Bonchev–Trinajstić information content (AvgIpc) is 0. The molecule has 0 heterocycles. The van der Waals surface area contributed by atoms with E-state index in [4.69, 9.17) is 0 Å². The zero-order valence-corrected chi connectivity index (χ0v) is 11.8. The summed E-state index contributed by atoms with van der Waals surface area (Å²) in [7, 11) is 0. The molecular formula is HfNdTmYb. The standard InChI is InChI=1S/Hf.Nd.Tm.Yb. The van der Waals surface area contributed by atoms with Crippen molar-refractivity contribution in [1.29, 1.82) is 0 Å². The summed E-state index contributed by atoms with van der Waals surface area (Å²) in [6.07, 6.45) is 0. The molecule has 0 spiro atoms. The van der Waals surface area contributed by atoms with Gasteiger partial charge >= 0.3 is 0 Å². The minimum atomic E-state index is 0. The summed E-state index contributed by atoms with van der Waals surface area (Å²) in [5, 5.41) is 0. The second-order valence-corrected chi connectivity index (χ2v) is 0. The van der Waals surface area contributed by atoms with Crippen molar-refractivity contribution in [3.63, 3.8) is 0 Å². The third-order valence-corrected chi connectivity index (χ3v) is 0. The molecule has 0 saturated heterocycles. The van der Waals surface area contributed by atoms with Crippen molar-refractivity contribution in [2.45, 2.75) is 0 Å². The van der Waals surface area contributed by atoms with Crippen molar-refractivity contribution in [3.05, 3.63) is 0 Å². The second kappa shape index (κ2) is 15.7.